The third-order valence-electron chi connectivity index (χ3n) is 1.30. The van der Waals surface area contributed by atoms with E-state index in [0.717, 1.165) is 5.56 Å². The molecule has 11 heavy (non-hydrogen) atoms. The molecule has 58 valence electrons. The highest BCUT2D eigenvalue weighted by atomic mass is 16.6. The third kappa shape index (κ3) is 1.98. The summed E-state index contributed by atoms with van der Waals surface area (Å²) in [5.74, 6) is 5.57. The molecule has 1 aromatic carbocycles. The Hall–Kier alpha value is -1.48. The first-order valence-electron chi connectivity index (χ1n) is 3.22. The van der Waals surface area contributed by atoms with Crippen LogP contribution >= 0.6 is 0 Å². The average Bonchev–Trinajstić information content (AvgIpc) is 2.07. The summed E-state index contributed by atoms with van der Waals surface area (Å²) in [6.07, 6.45) is 3.28. The van der Waals surface area contributed by atoms with Crippen molar-refractivity contribution in [3.8, 4) is 5.75 Å². The summed E-state index contributed by atoms with van der Waals surface area (Å²) in [6, 6.07) is 7.28. The number of benzene rings is 1. The van der Waals surface area contributed by atoms with E-state index in [-0.39, 0.29) is 0 Å². The SMILES string of the molecule is NC=Cc1ccc(ON)cc1. The van der Waals surface area contributed by atoms with E-state index in [1.54, 1.807) is 18.2 Å². The lowest BCUT2D eigenvalue weighted by Crippen LogP contribution is -2.00. The molecule has 0 aliphatic carbocycles. The molecule has 1 aromatic rings. The molecular formula is C8H10N2O. The van der Waals surface area contributed by atoms with E-state index in [2.05, 4.69) is 4.84 Å². The largest absolute Gasteiger partial charge is 0.412 e. The molecule has 0 bridgehead atoms. The highest BCUT2D eigenvalue weighted by Gasteiger charge is 1.88. The van der Waals surface area contributed by atoms with Crippen LogP contribution in [0, 0.1) is 0 Å². The van der Waals surface area contributed by atoms with Crippen molar-refractivity contribution in [2.45, 2.75) is 0 Å². The van der Waals surface area contributed by atoms with Gasteiger partial charge < -0.3 is 10.6 Å². The summed E-state index contributed by atoms with van der Waals surface area (Å²) in [5.41, 5.74) is 6.22. The zero-order chi connectivity index (χ0) is 8.10. The molecule has 0 aromatic heterocycles. The third-order valence-corrected chi connectivity index (χ3v) is 1.30. The lowest BCUT2D eigenvalue weighted by Gasteiger charge is -1.97. The molecule has 0 saturated heterocycles. The molecular weight excluding hydrogens is 140 g/mol. The van der Waals surface area contributed by atoms with Gasteiger partial charge in [-0.15, -0.1) is 0 Å². The molecule has 0 fully saturated rings. The van der Waals surface area contributed by atoms with Crippen molar-refractivity contribution in [1.82, 2.24) is 0 Å². The van der Waals surface area contributed by atoms with E-state index in [9.17, 15) is 0 Å². The van der Waals surface area contributed by atoms with Crippen molar-refractivity contribution in [2.24, 2.45) is 11.6 Å². The summed E-state index contributed by atoms with van der Waals surface area (Å²) in [5, 5.41) is 0. The fourth-order valence-corrected chi connectivity index (χ4v) is 0.769. The second kappa shape index (κ2) is 3.63. The molecule has 0 saturated carbocycles. The van der Waals surface area contributed by atoms with E-state index in [0.29, 0.717) is 5.75 Å². The van der Waals surface area contributed by atoms with Gasteiger partial charge in [-0.1, -0.05) is 12.1 Å². The highest BCUT2D eigenvalue weighted by molar-refractivity contribution is 5.49. The van der Waals surface area contributed by atoms with Crippen LogP contribution in [0.25, 0.3) is 6.08 Å². The minimum atomic E-state index is 0.638. The summed E-state index contributed by atoms with van der Waals surface area (Å²) < 4.78 is 0. The lowest BCUT2D eigenvalue weighted by molar-refractivity contribution is 0.334. The van der Waals surface area contributed by atoms with E-state index < -0.39 is 0 Å². The number of nitrogens with two attached hydrogens (primary N) is 2. The van der Waals surface area contributed by atoms with Crippen LogP contribution in [-0.2, 0) is 0 Å². The molecule has 0 aliphatic heterocycles. The van der Waals surface area contributed by atoms with Gasteiger partial charge in [0.05, 0.1) is 0 Å². The average molecular weight is 150 g/mol. The predicted octanol–water partition coefficient (Wildman–Crippen LogP) is 0.869. The van der Waals surface area contributed by atoms with E-state index in [1.807, 2.05) is 12.1 Å². The predicted molar refractivity (Wildman–Crippen MR) is 44.5 cm³/mol. The van der Waals surface area contributed by atoms with Crippen molar-refractivity contribution < 1.29 is 4.84 Å². The maximum absolute atomic E-state index is 5.19. The van der Waals surface area contributed by atoms with Gasteiger partial charge in [0.1, 0.15) is 5.75 Å². The minimum Gasteiger partial charge on any atom is -0.412 e. The Bertz CT molecular complexity index is 241. The van der Waals surface area contributed by atoms with E-state index >= 15 is 0 Å². The van der Waals surface area contributed by atoms with Gasteiger partial charge >= 0.3 is 0 Å². The fourth-order valence-electron chi connectivity index (χ4n) is 0.769. The molecule has 1 rings (SSSR count). The van der Waals surface area contributed by atoms with Crippen LogP contribution < -0.4 is 16.5 Å². The van der Waals surface area contributed by atoms with Gasteiger partial charge in [-0.3, -0.25) is 0 Å². The van der Waals surface area contributed by atoms with Crippen LogP contribution in [0.4, 0.5) is 0 Å². The van der Waals surface area contributed by atoms with E-state index in [4.69, 9.17) is 11.6 Å². The Morgan fingerprint density at radius 3 is 2.27 bits per heavy atom. The van der Waals surface area contributed by atoms with Crippen molar-refractivity contribution in [2.75, 3.05) is 0 Å². The zero-order valence-electron chi connectivity index (χ0n) is 6.03. The first kappa shape index (κ1) is 7.63. The molecule has 0 spiro atoms. The Kier molecular flexibility index (Phi) is 2.52. The van der Waals surface area contributed by atoms with Crippen LogP contribution in [0.5, 0.6) is 5.75 Å². The quantitative estimate of drug-likeness (QED) is 0.615. The van der Waals surface area contributed by atoms with Gasteiger partial charge in [0.25, 0.3) is 0 Å². The topological polar surface area (TPSA) is 61.3 Å². The Morgan fingerprint density at radius 1 is 1.18 bits per heavy atom. The summed E-state index contributed by atoms with van der Waals surface area (Å²) >= 11 is 0. The van der Waals surface area contributed by atoms with Gasteiger partial charge in [-0.2, -0.15) is 5.90 Å². The molecule has 4 N–H and O–H groups in total. The molecule has 3 nitrogen and oxygen atoms in total. The van der Waals surface area contributed by atoms with Gasteiger partial charge in [0, 0.05) is 0 Å². The number of hydrogen-bond acceptors (Lipinski definition) is 3. The standard InChI is InChI=1S/C8H10N2O/c9-6-5-7-1-3-8(11-10)4-2-7/h1-6H,9-10H2. The van der Waals surface area contributed by atoms with Gasteiger partial charge in [0.15, 0.2) is 0 Å². The lowest BCUT2D eigenvalue weighted by atomic mass is 10.2. The minimum absolute atomic E-state index is 0.638. The van der Waals surface area contributed by atoms with E-state index in [1.165, 1.54) is 6.20 Å². The summed E-state index contributed by atoms with van der Waals surface area (Å²) in [6.45, 7) is 0. The van der Waals surface area contributed by atoms with Crippen LogP contribution in [0.15, 0.2) is 30.5 Å². The molecule has 0 aliphatic rings. The maximum Gasteiger partial charge on any atom is 0.146 e. The number of hydrogen-bond donors (Lipinski definition) is 2. The highest BCUT2D eigenvalue weighted by Crippen LogP contribution is 2.10. The molecule has 0 unspecified atom stereocenters. The van der Waals surface area contributed by atoms with Crippen molar-refractivity contribution >= 4 is 6.08 Å². The second-order valence-electron chi connectivity index (χ2n) is 2.05. The maximum atomic E-state index is 5.19. The van der Waals surface area contributed by atoms with Crippen LogP contribution in [0.1, 0.15) is 5.56 Å². The zero-order valence-corrected chi connectivity index (χ0v) is 6.03. The molecule has 0 amide bonds. The first-order chi connectivity index (χ1) is 5.36. The second-order valence-corrected chi connectivity index (χ2v) is 2.05. The first-order valence-corrected chi connectivity index (χ1v) is 3.22. The van der Waals surface area contributed by atoms with Crippen LogP contribution in [0.2, 0.25) is 0 Å². The normalized spacial score (nSPS) is 10.3. The molecule has 0 atom stereocenters. The van der Waals surface area contributed by atoms with Crippen molar-refractivity contribution in [3.05, 3.63) is 36.0 Å². The molecule has 0 heterocycles. The van der Waals surface area contributed by atoms with Crippen molar-refractivity contribution in [1.29, 1.82) is 0 Å². The smallest absolute Gasteiger partial charge is 0.146 e. The Labute approximate surface area is 65.2 Å². The molecule has 3 heteroatoms. The Balaban J connectivity index is 2.82. The van der Waals surface area contributed by atoms with Gasteiger partial charge in [-0.05, 0) is 30.0 Å². The fraction of sp³-hybridized carbons (Fsp3) is 0. The summed E-state index contributed by atoms with van der Waals surface area (Å²) in [4.78, 5) is 4.49. The van der Waals surface area contributed by atoms with Gasteiger partial charge in [-0.25, -0.2) is 0 Å². The van der Waals surface area contributed by atoms with Gasteiger partial charge in [0.2, 0.25) is 0 Å². The monoisotopic (exact) mass is 150 g/mol. The van der Waals surface area contributed by atoms with Crippen molar-refractivity contribution in [3.63, 3.8) is 0 Å². The Morgan fingerprint density at radius 2 is 1.82 bits per heavy atom. The number of rotatable bonds is 2. The summed E-state index contributed by atoms with van der Waals surface area (Å²) in [7, 11) is 0. The molecule has 0 radical (unpaired) electrons. The van der Waals surface area contributed by atoms with Crippen LogP contribution in [0.3, 0.4) is 0 Å². The van der Waals surface area contributed by atoms with Crippen LogP contribution in [-0.4, -0.2) is 0 Å².